The fourth-order valence-electron chi connectivity index (χ4n) is 5.47. The number of likely N-dealkylation sites (tertiary alicyclic amines) is 1. The number of ether oxygens (including phenoxy) is 1. The van der Waals surface area contributed by atoms with Crippen LogP contribution in [0.25, 0.3) is 0 Å². The van der Waals surface area contributed by atoms with Gasteiger partial charge in [0.15, 0.2) is 6.61 Å². The number of hydrogen-bond donors (Lipinski definition) is 1. The molecule has 2 saturated heterocycles. The molecule has 2 amide bonds. The number of thiazole rings is 1. The van der Waals surface area contributed by atoms with Gasteiger partial charge < -0.3 is 19.9 Å². The number of benzene rings is 2. The van der Waals surface area contributed by atoms with Gasteiger partial charge in [-0.05, 0) is 68.0 Å². The summed E-state index contributed by atoms with van der Waals surface area (Å²) in [6.07, 6.45) is 0.886. The van der Waals surface area contributed by atoms with Crippen LogP contribution in [0.15, 0.2) is 47.8 Å². The molecule has 42 heavy (non-hydrogen) atoms. The molecule has 2 fully saturated rings. The molecule has 0 aliphatic carbocycles. The van der Waals surface area contributed by atoms with E-state index in [9.17, 15) is 22.8 Å². The molecule has 2 aliphatic rings. The van der Waals surface area contributed by atoms with Gasteiger partial charge in [-0.25, -0.2) is 4.98 Å². The molecule has 2 aliphatic heterocycles. The van der Waals surface area contributed by atoms with Crippen molar-refractivity contribution in [1.82, 2.24) is 9.88 Å². The highest BCUT2D eigenvalue weighted by Gasteiger charge is 2.32. The average molecular weight is 601 g/mol. The van der Waals surface area contributed by atoms with Gasteiger partial charge in [0.25, 0.3) is 11.8 Å². The fraction of sp³-hybridized carbons (Fsp3) is 0.452. The molecule has 224 valence electrons. The lowest BCUT2D eigenvalue weighted by Gasteiger charge is -2.31. The maximum absolute atomic E-state index is 13.4. The summed E-state index contributed by atoms with van der Waals surface area (Å²) in [7, 11) is 0. The maximum atomic E-state index is 13.4. The molecule has 1 N–H and O–H groups in total. The topological polar surface area (TPSA) is 74.8 Å². The molecule has 7 nitrogen and oxygen atoms in total. The second-order valence-electron chi connectivity index (χ2n) is 10.8. The SMILES string of the molecule is CCCc1ccc(OCC(=O)N2CCC(c3nc(C(=O)Nc4cc(C(F)(F)F)ccc4N4CCCC4)cs3)CC2)cc1. The number of aromatic nitrogens is 1. The zero-order chi connectivity index (χ0) is 29.7. The number of anilines is 2. The van der Waals surface area contributed by atoms with Gasteiger partial charge in [-0.3, -0.25) is 9.59 Å². The Morgan fingerprint density at radius 2 is 1.76 bits per heavy atom. The predicted octanol–water partition coefficient (Wildman–Crippen LogP) is 6.75. The van der Waals surface area contributed by atoms with E-state index in [0.29, 0.717) is 37.4 Å². The van der Waals surface area contributed by atoms with E-state index in [2.05, 4.69) is 17.2 Å². The van der Waals surface area contributed by atoms with Crippen molar-refractivity contribution in [2.45, 2.75) is 57.5 Å². The van der Waals surface area contributed by atoms with Gasteiger partial charge in [0.2, 0.25) is 0 Å². The van der Waals surface area contributed by atoms with E-state index >= 15 is 0 Å². The zero-order valence-electron chi connectivity index (χ0n) is 23.6. The summed E-state index contributed by atoms with van der Waals surface area (Å²) in [6, 6.07) is 11.3. The predicted molar refractivity (Wildman–Crippen MR) is 157 cm³/mol. The lowest BCUT2D eigenvalue weighted by molar-refractivity contribution is -0.137. The normalized spacial score (nSPS) is 16.1. The van der Waals surface area contributed by atoms with E-state index in [4.69, 9.17) is 4.74 Å². The molecule has 0 bridgehead atoms. The van der Waals surface area contributed by atoms with Crippen LogP contribution in [0.3, 0.4) is 0 Å². The Balaban J connectivity index is 1.16. The van der Waals surface area contributed by atoms with Crippen molar-refractivity contribution in [1.29, 1.82) is 0 Å². The number of carbonyl (C=O) groups excluding carboxylic acids is 2. The van der Waals surface area contributed by atoms with E-state index in [1.807, 2.05) is 29.2 Å². The summed E-state index contributed by atoms with van der Waals surface area (Å²) in [4.78, 5) is 34.1. The van der Waals surface area contributed by atoms with E-state index in [1.54, 1.807) is 10.3 Å². The molecule has 3 heterocycles. The molecule has 0 spiro atoms. The molecule has 0 atom stereocenters. The van der Waals surface area contributed by atoms with Crippen LogP contribution in [0.1, 0.15) is 71.6 Å². The van der Waals surface area contributed by atoms with Crippen LogP contribution >= 0.6 is 11.3 Å². The van der Waals surface area contributed by atoms with Crippen molar-refractivity contribution >= 4 is 34.5 Å². The first kappa shape index (κ1) is 29.9. The van der Waals surface area contributed by atoms with Crippen molar-refractivity contribution in [2.75, 3.05) is 43.0 Å². The Hall–Kier alpha value is -3.60. The van der Waals surface area contributed by atoms with Crippen LogP contribution in [0.5, 0.6) is 5.75 Å². The summed E-state index contributed by atoms with van der Waals surface area (Å²) in [5, 5.41) is 5.12. The highest BCUT2D eigenvalue weighted by atomic mass is 32.1. The summed E-state index contributed by atoms with van der Waals surface area (Å²) in [5.74, 6) is 0.163. The number of aryl methyl sites for hydroxylation is 1. The zero-order valence-corrected chi connectivity index (χ0v) is 24.4. The standard InChI is InChI=1S/C31H35F3N4O3S/c1-2-5-21-6-9-24(10-7-21)41-19-28(39)38-16-12-22(13-17-38)30-36-26(20-42-30)29(40)35-25-18-23(31(32,33)34)8-11-27(25)37-14-3-4-15-37/h6-11,18,20,22H,2-5,12-17,19H2,1H3,(H,35,40). The van der Waals surface area contributed by atoms with Gasteiger partial charge in [0.05, 0.1) is 21.9 Å². The van der Waals surface area contributed by atoms with Crippen LogP contribution < -0.4 is 15.0 Å². The number of piperidine rings is 1. The number of rotatable bonds is 9. The first-order valence-electron chi connectivity index (χ1n) is 14.4. The van der Waals surface area contributed by atoms with Gasteiger partial charge in [-0.1, -0.05) is 25.5 Å². The number of nitrogens with zero attached hydrogens (tertiary/aromatic N) is 3. The summed E-state index contributed by atoms with van der Waals surface area (Å²) in [5.41, 5.74) is 1.33. The third-order valence-corrected chi connectivity index (χ3v) is 8.80. The Kier molecular flexibility index (Phi) is 9.35. The van der Waals surface area contributed by atoms with Crippen LogP contribution in [-0.4, -0.2) is 54.5 Å². The summed E-state index contributed by atoms with van der Waals surface area (Å²) >= 11 is 1.36. The minimum Gasteiger partial charge on any atom is -0.484 e. The molecule has 3 aromatic rings. The fourth-order valence-corrected chi connectivity index (χ4v) is 6.44. The molecule has 5 rings (SSSR count). The van der Waals surface area contributed by atoms with Crippen LogP contribution in [0.4, 0.5) is 24.5 Å². The van der Waals surface area contributed by atoms with Gasteiger partial charge in [0.1, 0.15) is 11.4 Å². The minimum atomic E-state index is -4.51. The Morgan fingerprint density at radius 3 is 2.43 bits per heavy atom. The average Bonchev–Trinajstić information content (AvgIpc) is 3.70. The van der Waals surface area contributed by atoms with E-state index < -0.39 is 17.6 Å². The second-order valence-corrected chi connectivity index (χ2v) is 11.7. The van der Waals surface area contributed by atoms with Crippen LogP contribution in [0.2, 0.25) is 0 Å². The molecule has 11 heteroatoms. The van der Waals surface area contributed by atoms with Crippen LogP contribution in [-0.2, 0) is 17.4 Å². The Labute approximate surface area is 247 Å². The second kappa shape index (κ2) is 13.1. The van der Waals surface area contributed by atoms with Crippen LogP contribution in [0, 0.1) is 0 Å². The van der Waals surface area contributed by atoms with Crippen molar-refractivity contribution in [3.8, 4) is 5.75 Å². The van der Waals surface area contributed by atoms with Crippen molar-refractivity contribution < 1.29 is 27.5 Å². The van der Waals surface area contributed by atoms with Crippen molar-refractivity contribution in [2.24, 2.45) is 0 Å². The first-order chi connectivity index (χ1) is 20.2. The number of nitrogens with one attached hydrogen (secondary N) is 1. The molecule has 0 radical (unpaired) electrons. The van der Waals surface area contributed by atoms with Gasteiger partial charge in [0, 0.05) is 37.5 Å². The Bertz CT molecular complexity index is 1380. The Morgan fingerprint density at radius 1 is 1.05 bits per heavy atom. The minimum absolute atomic E-state index is 0.0195. The van der Waals surface area contributed by atoms with Gasteiger partial charge >= 0.3 is 6.18 Å². The molecule has 0 unspecified atom stereocenters. The smallest absolute Gasteiger partial charge is 0.416 e. The number of alkyl halides is 3. The summed E-state index contributed by atoms with van der Waals surface area (Å²) in [6.45, 7) is 4.70. The molecular weight excluding hydrogens is 565 g/mol. The van der Waals surface area contributed by atoms with Gasteiger partial charge in [-0.2, -0.15) is 13.2 Å². The number of amides is 2. The monoisotopic (exact) mass is 600 g/mol. The third kappa shape index (κ3) is 7.24. The van der Waals surface area contributed by atoms with Gasteiger partial charge in [-0.15, -0.1) is 11.3 Å². The van der Waals surface area contributed by atoms with Crippen molar-refractivity contribution in [3.63, 3.8) is 0 Å². The number of carbonyl (C=O) groups is 2. The lowest BCUT2D eigenvalue weighted by atomic mass is 9.97. The molecular formula is C31H35F3N4O3S. The lowest BCUT2D eigenvalue weighted by Crippen LogP contribution is -2.40. The number of halogens is 3. The van der Waals surface area contributed by atoms with E-state index in [0.717, 1.165) is 55.9 Å². The quantitative estimate of drug-likeness (QED) is 0.294. The van der Waals surface area contributed by atoms with E-state index in [1.165, 1.54) is 23.0 Å². The largest absolute Gasteiger partial charge is 0.484 e. The third-order valence-electron chi connectivity index (χ3n) is 7.79. The van der Waals surface area contributed by atoms with E-state index in [-0.39, 0.29) is 29.8 Å². The molecule has 2 aromatic carbocycles. The molecule has 1 aromatic heterocycles. The summed E-state index contributed by atoms with van der Waals surface area (Å²) < 4.78 is 45.9. The highest BCUT2D eigenvalue weighted by Crippen LogP contribution is 2.37. The number of hydrogen-bond acceptors (Lipinski definition) is 6. The highest BCUT2D eigenvalue weighted by molar-refractivity contribution is 7.10. The molecule has 0 saturated carbocycles. The maximum Gasteiger partial charge on any atom is 0.416 e. The first-order valence-corrected chi connectivity index (χ1v) is 15.3. The van der Waals surface area contributed by atoms with Crippen molar-refractivity contribution in [3.05, 3.63) is 69.7 Å².